The minimum atomic E-state index is -0.136. The van der Waals surface area contributed by atoms with Gasteiger partial charge in [-0.2, -0.15) is 5.10 Å². The molecule has 4 rings (SSSR count). The van der Waals surface area contributed by atoms with Crippen LogP contribution in [0.25, 0.3) is 0 Å². The highest BCUT2D eigenvalue weighted by molar-refractivity contribution is 6.04. The lowest BCUT2D eigenvalue weighted by molar-refractivity contribution is -0.134. The third kappa shape index (κ3) is 5.32. The van der Waals surface area contributed by atoms with Crippen molar-refractivity contribution in [3.05, 3.63) is 101 Å². The summed E-state index contributed by atoms with van der Waals surface area (Å²) in [5, 5.41) is 6.54. The molecule has 0 fully saturated rings. The summed E-state index contributed by atoms with van der Waals surface area (Å²) in [4.78, 5) is 15.5. The fourth-order valence-electron chi connectivity index (χ4n) is 4.29. The molecule has 170 valence electrons. The Hall–Kier alpha value is -3.44. The minimum absolute atomic E-state index is 0.00504. The van der Waals surface area contributed by atoms with E-state index in [2.05, 4.69) is 44.2 Å². The number of methoxy groups -OCH3 is 1. The molecule has 1 atom stereocenters. The topological polar surface area (TPSA) is 45.1 Å². The Balaban J connectivity index is 1.60. The molecule has 0 spiro atoms. The zero-order valence-electron chi connectivity index (χ0n) is 19.8. The Morgan fingerprint density at radius 3 is 2.48 bits per heavy atom. The van der Waals surface area contributed by atoms with Crippen molar-refractivity contribution in [3.8, 4) is 5.75 Å². The molecule has 0 N–H and O–H groups in total. The summed E-state index contributed by atoms with van der Waals surface area (Å²) in [5.41, 5.74) is 6.66. The van der Waals surface area contributed by atoms with E-state index in [4.69, 9.17) is 9.84 Å². The summed E-state index contributed by atoms with van der Waals surface area (Å²) in [6.07, 6.45) is 0.685. The Morgan fingerprint density at radius 1 is 1.06 bits per heavy atom. The normalized spacial score (nSPS) is 15.6. The van der Waals surface area contributed by atoms with Gasteiger partial charge in [0.05, 0.1) is 25.4 Å². The van der Waals surface area contributed by atoms with Crippen molar-refractivity contribution >= 4 is 11.6 Å². The lowest BCUT2D eigenvalue weighted by Crippen LogP contribution is -2.36. The van der Waals surface area contributed by atoms with Crippen LogP contribution in [0.2, 0.25) is 0 Å². The Bertz CT molecular complexity index is 1140. The molecular formula is C28H31N3O2. The first-order valence-corrected chi connectivity index (χ1v) is 11.3. The van der Waals surface area contributed by atoms with Gasteiger partial charge in [-0.15, -0.1) is 0 Å². The number of amides is 1. The molecule has 0 aliphatic carbocycles. The third-order valence-corrected chi connectivity index (χ3v) is 6.07. The van der Waals surface area contributed by atoms with Crippen LogP contribution in [0, 0.1) is 13.8 Å². The maximum atomic E-state index is 13.4. The lowest BCUT2D eigenvalue weighted by Gasteiger charge is -2.25. The van der Waals surface area contributed by atoms with Gasteiger partial charge in [0.25, 0.3) is 5.91 Å². The van der Waals surface area contributed by atoms with Gasteiger partial charge in [0.1, 0.15) is 5.75 Å². The first-order chi connectivity index (χ1) is 15.9. The van der Waals surface area contributed by atoms with E-state index in [1.54, 1.807) is 12.1 Å². The largest absolute Gasteiger partial charge is 0.497 e. The van der Waals surface area contributed by atoms with Gasteiger partial charge >= 0.3 is 0 Å². The van der Waals surface area contributed by atoms with Crippen molar-refractivity contribution in [2.45, 2.75) is 32.9 Å². The van der Waals surface area contributed by atoms with Gasteiger partial charge in [-0.3, -0.25) is 9.69 Å². The van der Waals surface area contributed by atoms with Crippen LogP contribution in [-0.4, -0.2) is 42.2 Å². The number of carbonyl (C=O) groups excluding carboxylic acids is 1. The second kappa shape index (κ2) is 10.0. The molecule has 3 aromatic rings. The van der Waals surface area contributed by atoms with E-state index in [0.29, 0.717) is 19.5 Å². The standard InChI is InChI=1S/C28H31N3O2/c1-20-10-11-21(2)25(16-20)26-17-27(23-12-14-24(33-4)15-13-23)31(29-26)28(32)19-30(3)18-22-8-6-5-7-9-22/h5-16,27H,17-19H2,1-4H3/t27-/m0/s1. The number of aryl methyl sites for hydroxylation is 2. The van der Waals surface area contributed by atoms with Gasteiger partial charge in [0.2, 0.25) is 0 Å². The second-order valence-electron chi connectivity index (χ2n) is 8.75. The number of hydrogen-bond acceptors (Lipinski definition) is 4. The molecule has 1 heterocycles. The average molecular weight is 442 g/mol. The summed E-state index contributed by atoms with van der Waals surface area (Å²) in [6.45, 7) is 5.19. The van der Waals surface area contributed by atoms with Crippen molar-refractivity contribution in [3.63, 3.8) is 0 Å². The van der Waals surface area contributed by atoms with Crippen molar-refractivity contribution in [1.82, 2.24) is 9.91 Å². The number of likely N-dealkylation sites (N-methyl/N-ethyl adjacent to an activating group) is 1. The zero-order valence-corrected chi connectivity index (χ0v) is 19.8. The van der Waals surface area contributed by atoms with Crippen LogP contribution in [-0.2, 0) is 11.3 Å². The summed E-state index contributed by atoms with van der Waals surface area (Å²) >= 11 is 0. The van der Waals surface area contributed by atoms with Crippen molar-refractivity contribution in [1.29, 1.82) is 0 Å². The Labute approximate surface area is 196 Å². The predicted molar refractivity (Wildman–Crippen MR) is 132 cm³/mol. The van der Waals surface area contributed by atoms with Crippen LogP contribution in [0.3, 0.4) is 0 Å². The molecule has 0 saturated heterocycles. The quantitative estimate of drug-likeness (QED) is 0.511. The molecule has 1 aliphatic heterocycles. The number of carbonyl (C=O) groups is 1. The smallest absolute Gasteiger partial charge is 0.257 e. The number of rotatable bonds is 7. The molecule has 1 amide bonds. The van der Waals surface area contributed by atoms with Gasteiger partial charge in [-0.1, -0.05) is 60.2 Å². The van der Waals surface area contributed by atoms with E-state index in [0.717, 1.165) is 22.6 Å². The highest BCUT2D eigenvalue weighted by Crippen LogP contribution is 2.34. The van der Waals surface area contributed by atoms with E-state index in [9.17, 15) is 4.79 Å². The van der Waals surface area contributed by atoms with Gasteiger partial charge in [0, 0.05) is 18.5 Å². The van der Waals surface area contributed by atoms with E-state index in [1.165, 1.54) is 16.7 Å². The molecule has 0 bridgehead atoms. The molecular weight excluding hydrogens is 410 g/mol. The van der Waals surface area contributed by atoms with Crippen LogP contribution >= 0.6 is 0 Å². The van der Waals surface area contributed by atoms with Crippen LogP contribution < -0.4 is 4.74 Å². The molecule has 0 unspecified atom stereocenters. The Morgan fingerprint density at radius 2 is 1.79 bits per heavy atom. The first kappa shape index (κ1) is 22.7. The van der Waals surface area contributed by atoms with E-state index < -0.39 is 0 Å². The molecule has 33 heavy (non-hydrogen) atoms. The third-order valence-electron chi connectivity index (χ3n) is 6.07. The first-order valence-electron chi connectivity index (χ1n) is 11.3. The van der Waals surface area contributed by atoms with Crippen molar-refractivity contribution in [2.75, 3.05) is 20.7 Å². The maximum Gasteiger partial charge on any atom is 0.257 e. The average Bonchev–Trinajstić information content (AvgIpc) is 3.27. The van der Waals surface area contributed by atoms with Crippen LogP contribution in [0.5, 0.6) is 5.75 Å². The molecule has 0 radical (unpaired) electrons. The molecule has 3 aromatic carbocycles. The maximum absolute atomic E-state index is 13.4. The molecule has 0 aromatic heterocycles. The number of nitrogens with zero attached hydrogens (tertiary/aromatic N) is 3. The van der Waals surface area contributed by atoms with E-state index in [1.807, 2.05) is 54.4 Å². The number of hydrazone groups is 1. The highest BCUT2D eigenvalue weighted by Gasteiger charge is 2.33. The molecule has 1 aliphatic rings. The lowest BCUT2D eigenvalue weighted by atomic mass is 9.95. The van der Waals surface area contributed by atoms with E-state index in [-0.39, 0.29) is 11.9 Å². The predicted octanol–water partition coefficient (Wildman–Crippen LogP) is 5.12. The van der Waals surface area contributed by atoms with Gasteiger partial charge in [-0.05, 0) is 55.8 Å². The second-order valence-corrected chi connectivity index (χ2v) is 8.75. The monoisotopic (exact) mass is 441 g/mol. The van der Waals surface area contributed by atoms with E-state index >= 15 is 0 Å². The van der Waals surface area contributed by atoms with Crippen molar-refractivity contribution < 1.29 is 9.53 Å². The summed E-state index contributed by atoms with van der Waals surface area (Å²) < 4.78 is 5.32. The number of ether oxygens (including phenoxy) is 1. The SMILES string of the molecule is COc1ccc([C@@H]2CC(c3cc(C)ccc3C)=NN2C(=O)CN(C)Cc2ccccc2)cc1. The van der Waals surface area contributed by atoms with Gasteiger partial charge in [0.15, 0.2) is 0 Å². The van der Waals surface area contributed by atoms with Gasteiger partial charge in [-0.25, -0.2) is 5.01 Å². The van der Waals surface area contributed by atoms with Crippen molar-refractivity contribution in [2.24, 2.45) is 5.10 Å². The number of hydrogen-bond donors (Lipinski definition) is 0. The van der Waals surface area contributed by atoms with Crippen LogP contribution in [0.1, 0.15) is 40.3 Å². The fraction of sp³-hybridized carbons (Fsp3) is 0.286. The summed E-state index contributed by atoms with van der Waals surface area (Å²) in [5.74, 6) is 0.794. The zero-order chi connectivity index (χ0) is 23.4. The highest BCUT2D eigenvalue weighted by atomic mass is 16.5. The molecule has 5 heteroatoms. The molecule has 5 nitrogen and oxygen atoms in total. The Kier molecular flexibility index (Phi) is 6.90. The minimum Gasteiger partial charge on any atom is -0.497 e. The fourth-order valence-corrected chi connectivity index (χ4v) is 4.29. The van der Waals surface area contributed by atoms with Crippen LogP contribution in [0.15, 0.2) is 77.9 Å². The molecule has 0 saturated carbocycles. The number of benzene rings is 3. The van der Waals surface area contributed by atoms with Gasteiger partial charge < -0.3 is 4.74 Å². The summed E-state index contributed by atoms with van der Waals surface area (Å²) in [7, 11) is 3.63. The van der Waals surface area contributed by atoms with Crippen LogP contribution in [0.4, 0.5) is 0 Å². The summed E-state index contributed by atoms with van der Waals surface area (Å²) in [6, 6.07) is 24.4.